The molecule has 8 heteroatoms. The number of nitro groups is 1. The molecule has 1 aliphatic carbocycles. The number of hydrogen-bond acceptors (Lipinski definition) is 6. The molecule has 1 aliphatic rings. The molecule has 1 heterocycles. The van der Waals surface area contributed by atoms with Crippen molar-refractivity contribution in [1.29, 1.82) is 0 Å². The molecule has 0 N–H and O–H groups in total. The summed E-state index contributed by atoms with van der Waals surface area (Å²) in [5.41, 5.74) is 1.67. The van der Waals surface area contributed by atoms with Gasteiger partial charge in [-0.2, -0.15) is 0 Å². The predicted molar refractivity (Wildman–Crippen MR) is 99.8 cm³/mol. The monoisotopic (exact) mass is 382 g/mol. The fraction of sp³-hybridized carbons (Fsp3) is 0.300. The van der Waals surface area contributed by atoms with Crippen LogP contribution < -0.4 is 0 Å². The summed E-state index contributed by atoms with van der Waals surface area (Å²) in [5, 5.41) is 19.1. The van der Waals surface area contributed by atoms with Crippen molar-refractivity contribution in [3.05, 3.63) is 75.9 Å². The van der Waals surface area contributed by atoms with Crippen molar-refractivity contribution in [3.8, 4) is 11.5 Å². The van der Waals surface area contributed by atoms with E-state index in [1.807, 2.05) is 6.92 Å². The van der Waals surface area contributed by atoms with E-state index in [2.05, 4.69) is 15.1 Å². The minimum atomic E-state index is -0.450. The molecular formula is C20H19FN4O3. The highest BCUT2D eigenvalue weighted by molar-refractivity contribution is 5.55. The molecule has 0 saturated heterocycles. The Kier molecular flexibility index (Phi) is 4.87. The van der Waals surface area contributed by atoms with Gasteiger partial charge < -0.3 is 4.42 Å². The Morgan fingerprint density at radius 1 is 1.18 bits per heavy atom. The molecule has 0 bridgehead atoms. The Bertz CT molecular complexity index is 968. The van der Waals surface area contributed by atoms with Gasteiger partial charge in [-0.05, 0) is 49.6 Å². The Hall–Kier alpha value is -3.13. The van der Waals surface area contributed by atoms with Gasteiger partial charge in [0, 0.05) is 30.3 Å². The lowest BCUT2D eigenvalue weighted by atomic mass is 10.1. The van der Waals surface area contributed by atoms with Crippen LogP contribution in [-0.4, -0.2) is 26.1 Å². The van der Waals surface area contributed by atoms with Crippen LogP contribution in [0.25, 0.3) is 11.5 Å². The largest absolute Gasteiger partial charge is 0.419 e. The van der Waals surface area contributed by atoms with Crippen LogP contribution in [-0.2, 0) is 6.54 Å². The molecule has 3 aromatic rings. The first kappa shape index (κ1) is 18.2. The Morgan fingerprint density at radius 3 is 2.46 bits per heavy atom. The smallest absolute Gasteiger partial charge is 0.269 e. The maximum atomic E-state index is 13.2. The molecule has 0 spiro atoms. The molecule has 144 valence electrons. The van der Waals surface area contributed by atoms with E-state index in [4.69, 9.17) is 4.42 Å². The molecule has 0 aliphatic heterocycles. The van der Waals surface area contributed by atoms with Gasteiger partial charge in [-0.1, -0.05) is 12.1 Å². The lowest BCUT2D eigenvalue weighted by Gasteiger charge is -2.26. The van der Waals surface area contributed by atoms with E-state index in [1.165, 1.54) is 24.3 Å². The zero-order valence-corrected chi connectivity index (χ0v) is 15.3. The highest BCUT2D eigenvalue weighted by atomic mass is 19.1. The van der Waals surface area contributed by atoms with Gasteiger partial charge in [0.05, 0.1) is 11.0 Å². The fourth-order valence-electron chi connectivity index (χ4n) is 3.18. The quantitative estimate of drug-likeness (QED) is 0.441. The number of aromatic nitrogens is 2. The number of hydrogen-bond donors (Lipinski definition) is 0. The van der Waals surface area contributed by atoms with Crippen LogP contribution in [0.5, 0.6) is 0 Å². The molecule has 4 rings (SSSR count). The summed E-state index contributed by atoms with van der Waals surface area (Å²) in [4.78, 5) is 12.6. The maximum Gasteiger partial charge on any atom is 0.269 e. The molecule has 7 nitrogen and oxygen atoms in total. The van der Waals surface area contributed by atoms with Gasteiger partial charge in [0.15, 0.2) is 0 Å². The van der Waals surface area contributed by atoms with Crippen LogP contribution in [0.2, 0.25) is 0 Å². The lowest BCUT2D eigenvalue weighted by molar-refractivity contribution is -0.384. The van der Waals surface area contributed by atoms with E-state index in [9.17, 15) is 14.5 Å². The van der Waals surface area contributed by atoms with E-state index in [0.29, 0.717) is 29.9 Å². The fourth-order valence-corrected chi connectivity index (χ4v) is 3.18. The van der Waals surface area contributed by atoms with Crippen molar-refractivity contribution in [2.75, 3.05) is 0 Å². The third-order valence-corrected chi connectivity index (χ3v) is 4.91. The number of nitro benzene ring substituents is 1. The number of halogens is 1. The number of nitrogens with zero attached hydrogens (tertiary/aromatic N) is 4. The van der Waals surface area contributed by atoms with Crippen molar-refractivity contribution >= 4 is 5.69 Å². The predicted octanol–water partition coefficient (Wildman–Crippen LogP) is 4.51. The summed E-state index contributed by atoms with van der Waals surface area (Å²) < 4.78 is 19.0. The standard InChI is InChI=1S/C20H19FN4O3/c1-13(24(17-10-11-17)12-14-2-6-16(21)7-3-14)19-22-23-20(28-19)15-4-8-18(9-5-15)25(26)27/h2-9,13,17H,10-12H2,1H3/t13-/m1/s1. The molecule has 2 aromatic carbocycles. The van der Waals surface area contributed by atoms with Crippen molar-refractivity contribution < 1.29 is 13.7 Å². The number of benzene rings is 2. The number of non-ortho nitro benzene ring substituents is 1. The van der Waals surface area contributed by atoms with E-state index >= 15 is 0 Å². The van der Waals surface area contributed by atoms with E-state index in [1.54, 1.807) is 24.3 Å². The van der Waals surface area contributed by atoms with E-state index < -0.39 is 4.92 Å². The summed E-state index contributed by atoms with van der Waals surface area (Å²) in [6.07, 6.45) is 2.21. The SMILES string of the molecule is C[C@H](c1nnc(-c2ccc([N+](=O)[O-])cc2)o1)N(Cc1ccc(F)cc1)C1CC1. The lowest BCUT2D eigenvalue weighted by Crippen LogP contribution is -2.29. The van der Waals surface area contributed by atoms with Gasteiger partial charge in [-0.25, -0.2) is 4.39 Å². The van der Waals surface area contributed by atoms with Gasteiger partial charge in [0.25, 0.3) is 5.69 Å². The molecule has 28 heavy (non-hydrogen) atoms. The maximum absolute atomic E-state index is 13.2. The van der Waals surface area contributed by atoms with Crippen molar-refractivity contribution in [2.24, 2.45) is 0 Å². The van der Waals surface area contributed by atoms with E-state index in [-0.39, 0.29) is 17.5 Å². The minimum Gasteiger partial charge on any atom is -0.419 e. The highest BCUT2D eigenvalue weighted by Gasteiger charge is 2.35. The molecule has 0 unspecified atom stereocenters. The second-order valence-corrected chi connectivity index (χ2v) is 6.96. The third-order valence-electron chi connectivity index (χ3n) is 4.91. The zero-order chi connectivity index (χ0) is 19.7. The van der Waals surface area contributed by atoms with Gasteiger partial charge >= 0.3 is 0 Å². The molecule has 1 aromatic heterocycles. The summed E-state index contributed by atoms with van der Waals surface area (Å²) in [7, 11) is 0. The minimum absolute atomic E-state index is 0.0102. The van der Waals surface area contributed by atoms with Crippen LogP contribution in [0.4, 0.5) is 10.1 Å². The second kappa shape index (κ2) is 7.47. The van der Waals surface area contributed by atoms with Gasteiger partial charge in [-0.3, -0.25) is 15.0 Å². The summed E-state index contributed by atoms with van der Waals surface area (Å²) in [5.74, 6) is 0.566. The Balaban J connectivity index is 1.52. The first-order valence-corrected chi connectivity index (χ1v) is 9.09. The van der Waals surface area contributed by atoms with Crippen LogP contribution >= 0.6 is 0 Å². The second-order valence-electron chi connectivity index (χ2n) is 6.96. The van der Waals surface area contributed by atoms with Crippen LogP contribution in [0.1, 0.15) is 37.3 Å². The molecule has 1 atom stereocenters. The number of rotatable bonds is 7. The highest BCUT2D eigenvalue weighted by Crippen LogP contribution is 2.36. The Labute approximate surface area is 161 Å². The summed E-state index contributed by atoms with van der Waals surface area (Å²) in [6.45, 7) is 2.68. The van der Waals surface area contributed by atoms with Crippen LogP contribution in [0, 0.1) is 15.9 Å². The summed E-state index contributed by atoms with van der Waals surface area (Å²) in [6, 6.07) is 12.8. The first-order chi connectivity index (χ1) is 13.5. The van der Waals surface area contributed by atoms with Crippen LogP contribution in [0.15, 0.2) is 52.9 Å². The third kappa shape index (κ3) is 3.91. The van der Waals surface area contributed by atoms with Gasteiger partial charge in [0.2, 0.25) is 11.8 Å². The summed E-state index contributed by atoms with van der Waals surface area (Å²) >= 11 is 0. The topological polar surface area (TPSA) is 85.3 Å². The molecule has 1 fully saturated rings. The Morgan fingerprint density at radius 2 is 1.86 bits per heavy atom. The van der Waals surface area contributed by atoms with E-state index in [0.717, 1.165) is 18.4 Å². The average molecular weight is 382 g/mol. The van der Waals surface area contributed by atoms with Crippen molar-refractivity contribution in [3.63, 3.8) is 0 Å². The molecular weight excluding hydrogens is 363 g/mol. The molecule has 0 amide bonds. The van der Waals surface area contributed by atoms with Crippen molar-refractivity contribution in [2.45, 2.75) is 38.4 Å². The molecule has 0 radical (unpaired) electrons. The van der Waals surface area contributed by atoms with Crippen LogP contribution in [0.3, 0.4) is 0 Å². The normalized spacial score (nSPS) is 15.0. The molecule has 1 saturated carbocycles. The van der Waals surface area contributed by atoms with Gasteiger partial charge in [0.1, 0.15) is 5.82 Å². The zero-order valence-electron chi connectivity index (χ0n) is 15.3. The van der Waals surface area contributed by atoms with Crippen molar-refractivity contribution in [1.82, 2.24) is 15.1 Å². The first-order valence-electron chi connectivity index (χ1n) is 9.09. The van der Waals surface area contributed by atoms with Gasteiger partial charge in [-0.15, -0.1) is 10.2 Å². The average Bonchev–Trinajstić information content (AvgIpc) is 3.42.